The molecule has 0 aliphatic heterocycles. The number of carbonyl (C=O) groups is 1. The molecule has 0 N–H and O–H groups in total. The summed E-state index contributed by atoms with van der Waals surface area (Å²) in [4.78, 5) is 11.1. The molecular weight excluding hydrogens is 238 g/mol. The summed E-state index contributed by atoms with van der Waals surface area (Å²) < 4.78 is 51.3. The molecule has 0 atom stereocenters. The van der Waals surface area contributed by atoms with E-state index in [0.717, 1.165) is 18.3 Å². The van der Waals surface area contributed by atoms with Crippen LogP contribution in [0.25, 0.3) is 10.9 Å². The highest BCUT2D eigenvalue weighted by molar-refractivity contribution is 6.10. The maximum atomic E-state index is 13.0. The monoisotopic (exact) mass is 245 g/mol. The number of aryl methyl sites for hydroxylation is 1. The van der Waals surface area contributed by atoms with Crippen molar-refractivity contribution < 1.29 is 22.4 Å². The predicted octanol–water partition coefficient (Wildman–Crippen LogP) is 3.06. The van der Waals surface area contributed by atoms with E-state index >= 15 is 0 Å². The molecule has 0 saturated carbocycles. The molecule has 0 amide bonds. The van der Waals surface area contributed by atoms with Crippen LogP contribution in [0.1, 0.15) is 10.4 Å². The summed E-state index contributed by atoms with van der Waals surface area (Å²) in [5.41, 5.74) is -0.159. The molecule has 2 rings (SSSR count). The summed E-state index contributed by atoms with van der Waals surface area (Å²) in [5.74, 6) is -2.64. The van der Waals surface area contributed by atoms with Crippen molar-refractivity contribution in [2.45, 2.75) is 6.18 Å². The molecule has 1 aromatic carbocycles. The molecule has 90 valence electrons. The first-order chi connectivity index (χ1) is 7.80. The highest BCUT2D eigenvalue weighted by Crippen LogP contribution is 2.28. The fraction of sp³-hybridized carbons (Fsp3) is 0.182. The van der Waals surface area contributed by atoms with Gasteiger partial charge in [0.05, 0.1) is 5.56 Å². The number of benzene rings is 1. The van der Waals surface area contributed by atoms with Gasteiger partial charge in [-0.1, -0.05) is 0 Å². The number of Topliss-reactive ketones (excluding diaryl/α,β-unsaturated/α-hetero) is 1. The molecule has 17 heavy (non-hydrogen) atoms. The molecule has 0 aliphatic rings. The van der Waals surface area contributed by atoms with E-state index in [1.165, 1.54) is 17.7 Å². The Morgan fingerprint density at radius 3 is 2.53 bits per heavy atom. The van der Waals surface area contributed by atoms with E-state index in [-0.39, 0.29) is 5.39 Å². The van der Waals surface area contributed by atoms with Crippen LogP contribution in [-0.2, 0) is 7.05 Å². The third kappa shape index (κ3) is 1.90. The van der Waals surface area contributed by atoms with Crippen molar-refractivity contribution >= 4 is 16.7 Å². The van der Waals surface area contributed by atoms with Gasteiger partial charge < -0.3 is 4.57 Å². The lowest BCUT2D eigenvalue weighted by molar-refractivity contribution is -0.0884. The number of alkyl halides is 3. The normalized spacial score (nSPS) is 12.1. The van der Waals surface area contributed by atoms with Gasteiger partial charge in [0.25, 0.3) is 5.78 Å². The van der Waals surface area contributed by atoms with Gasteiger partial charge in [-0.3, -0.25) is 4.79 Å². The van der Waals surface area contributed by atoms with Crippen LogP contribution in [0.2, 0.25) is 0 Å². The van der Waals surface area contributed by atoms with E-state index in [4.69, 9.17) is 0 Å². The van der Waals surface area contributed by atoms with Crippen LogP contribution < -0.4 is 0 Å². The highest BCUT2D eigenvalue weighted by atomic mass is 19.4. The summed E-state index contributed by atoms with van der Waals surface area (Å²) in [5, 5.41) is -0.0326. The largest absolute Gasteiger partial charge is 0.454 e. The minimum atomic E-state index is -4.96. The van der Waals surface area contributed by atoms with E-state index in [1.54, 1.807) is 0 Å². The molecule has 0 radical (unpaired) electrons. The van der Waals surface area contributed by atoms with Gasteiger partial charge in [0.15, 0.2) is 0 Å². The summed E-state index contributed by atoms with van der Waals surface area (Å²) in [7, 11) is 1.49. The Balaban J connectivity index is 2.70. The molecular formula is C11H7F4NO. The Bertz CT molecular complexity index is 597. The third-order valence-corrected chi connectivity index (χ3v) is 2.45. The number of aromatic nitrogens is 1. The van der Waals surface area contributed by atoms with E-state index in [9.17, 15) is 22.4 Å². The van der Waals surface area contributed by atoms with Crippen LogP contribution in [0, 0.1) is 5.82 Å². The number of fused-ring (bicyclic) bond motifs is 1. The Kier molecular flexibility index (Phi) is 2.45. The van der Waals surface area contributed by atoms with Gasteiger partial charge in [0.1, 0.15) is 5.82 Å². The molecule has 2 aromatic rings. The van der Waals surface area contributed by atoms with Gasteiger partial charge >= 0.3 is 6.18 Å². The maximum absolute atomic E-state index is 13.0. The molecule has 1 aromatic heterocycles. The molecule has 0 fully saturated rings. The van der Waals surface area contributed by atoms with E-state index in [1.807, 2.05) is 0 Å². The van der Waals surface area contributed by atoms with Crippen LogP contribution in [0.3, 0.4) is 0 Å². The Morgan fingerprint density at radius 1 is 1.29 bits per heavy atom. The number of hydrogen-bond acceptors (Lipinski definition) is 1. The first kappa shape index (κ1) is 11.6. The second kappa shape index (κ2) is 3.58. The fourth-order valence-corrected chi connectivity index (χ4v) is 1.70. The number of carbonyl (C=O) groups excluding carboxylic acids is 1. The average molecular weight is 245 g/mol. The van der Waals surface area contributed by atoms with Crippen molar-refractivity contribution in [3.63, 3.8) is 0 Å². The summed E-state index contributed by atoms with van der Waals surface area (Å²) >= 11 is 0. The Hall–Kier alpha value is -1.85. The third-order valence-electron chi connectivity index (χ3n) is 2.45. The number of halogens is 4. The lowest BCUT2D eigenvalue weighted by Gasteiger charge is -2.03. The fourth-order valence-electron chi connectivity index (χ4n) is 1.70. The Labute approximate surface area is 93.5 Å². The lowest BCUT2D eigenvalue weighted by Crippen LogP contribution is -2.22. The molecule has 0 aliphatic carbocycles. The second-order valence-electron chi connectivity index (χ2n) is 3.64. The molecule has 0 spiro atoms. The van der Waals surface area contributed by atoms with Gasteiger partial charge in [0, 0.05) is 24.1 Å². The molecule has 0 saturated heterocycles. The van der Waals surface area contributed by atoms with E-state index in [0.29, 0.717) is 5.52 Å². The van der Waals surface area contributed by atoms with Crippen LogP contribution >= 0.6 is 0 Å². The van der Waals surface area contributed by atoms with Crippen LogP contribution in [0.4, 0.5) is 17.6 Å². The minimum Gasteiger partial charge on any atom is -0.350 e. The highest BCUT2D eigenvalue weighted by Gasteiger charge is 2.40. The smallest absolute Gasteiger partial charge is 0.350 e. The zero-order valence-electron chi connectivity index (χ0n) is 8.68. The zero-order valence-corrected chi connectivity index (χ0v) is 8.68. The van der Waals surface area contributed by atoms with E-state index in [2.05, 4.69) is 0 Å². The van der Waals surface area contributed by atoms with Crippen LogP contribution in [0.15, 0.2) is 24.4 Å². The zero-order chi connectivity index (χ0) is 12.8. The molecule has 0 bridgehead atoms. The summed E-state index contributed by atoms with van der Waals surface area (Å²) in [6.07, 6.45) is -3.90. The molecule has 6 heteroatoms. The molecule has 1 heterocycles. The predicted molar refractivity (Wildman–Crippen MR) is 53.3 cm³/mol. The number of rotatable bonds is 1. The quantitative estimate of drug-likeness (QED) is 0.559. The van der Waals surface area contributed by atoms with Crippen LogP contribution in [-0.4, -0.2) is 16.5 Å². The van der Waals surface area contributed by atoms with Crippen molar-refractivity contribution in [3.05, 3.63) is 35.8 Å². The first-order valence-electron chi connectivity index (χ1n) is 4.67. The van der Waals surface area contributed by atoms with Gasteiger partial charge in [0.2, 0.25) is 0 Å². The van der Waals surface area contributed by atoms with Crippen LogP contribution in [0.5, 0.6) is 0 Å². The number of ketones is 1. The maximum Gasteiger partial charge on any atom is 0.454 e. The van der Waals surface area contributed by atoms with Crippen molar-refractivity contribution in [2.24, 2.45) is 7.05 Å². The Morgan fingerprint density at radius 2 is 1.94 bits per heavy atom. The number of hydrogen-bond donors (Lipinski definition) is 0. The minimum absolute atomic E-state index is 0.0326. The van der Waals surface area contributed by atoms with Gasteiger partial charge in [-0.05, 0) is 18.2 Å². The standard InChI is InChI=1S/C11H7F4NO/c1-16-5-8(10(17)11(13,14)15)7-4-6(12)2-3-9(7)16/h2-5H,1H3. The SMILES string of the molecule is Cn1cc(C(=O)C(F)(F)F)c2cc(F)ccc21. The van der Waals surface area contributed by atoms with Crippen molar-refractivity contribution in [1.82, 2.24) is 4.57 Å². The average Bonchev–Trinajstić information content (AvgIpc) is 2.53. The molecule has 2 nitrogen and oxygen atoms in total. The van der Waals surface area contributed by atoms with Gasteiger partial charge in [-0.2, -0.15) is 13.2 Å². The summed E-state index contributed by atoms with van der Waals surface area (Å²) in [6.45, 7) is 0. The molecule has 0 unspecified atom stereocenters. The first-order valence-corrected chi connectivity index (χ1v) is 4.67. The van der Waals surface area contributed by atoms with E-state index < -0.39 is 23.3 Å². The number of nitrogens with zero attached hydrogens (tertiary/aromatic N) is 1. The van der Waals surface area contributed by atoms with Gasteiger partial charge in [-0.15, -0.1) is 0 Å². The lowest BCUT2D eigenvalue weighted by atomic mass is 10.1. The van der Waals surface area contributed by atoms with Crippen molar-refractivity contribution in [1.29, 1.82) is 0 Å². The second-order valence-corrected chi connectivity index (χ2v) is 3.64. The summed E-state index contributed by atoms with van der Waals surface area (Å²) in [6, 6.07) is 3.39. The van der Waals surface area contributed by atoms with Gasteiger partial charge in [-0.25, -0.2) is 4.39 Å². The topological polar surface area (TPSA) is 22.0 Å². The van der Waals surface area contributed by atoms with Crippen molar-refractivity contribution in [3.8, 4) is 0 Å². The van der Waals surface area contributed by atoms with Crippen molar-refractivity contribution in [2.75, 3.05) is 0 Å².